The zero-order valence-corrected chi connectivity index (χ0v) is 12.8. The molecule has 0 aliphatic carbocycles. The summed E-state index contributed by atoms with van der Waals surface area (Å²) in [4.78, 5) is 4.47. The molecule has 0 saturated heterocycles. The molecule has 0 fully saturated rings. The Balaban J connectivity index is 2.70. The highest BCUT2D eigenvalue weighted by molar-refractivity contribution is 5.77. The van der Waals surface area contributed by atoms with Crippen LogP contribution in [-0.4, -0.2) is 19.0 Å². The second-order valence-electron chi connectivity index (χ2n) is 6.18. The Labute approximate surface area is 117 Å². The summed E-state index contributed by atoms with van der Waals surface area (Å²) in [6.07, 6.45) is 0. The van der Waals surface area contributed by atoms with E-state index in [9.17, 15) is 0 Å². The zero-order chi connectivity index (χ0) is 14.5. The number of nitrogens with zero attached hydrogens (tertiary/aromatic N) is 1. The van der Waals surface area contributed by atoms with Gasteiger partial charge in [-0.1, -0.05) is 52.0 Å². The Bertz CT molecular complexity index is 433. The van der Waals surface area contributed by atoms with E-state index in [-0.39, 0.29) is 5.41 Å². The minimum absolute atomic E-state index is 0.00449. The fraction of sp³-hybridized carbons (Fsp3) is 0.562. The third-order valence-electron chi connectivity index (χ3n) is 3.21. The number of hydrogen-bond donors (Lipinski definition) is 2. The Hall–Kier alpha value is -1.51. The van der Waals surface area contributed by atoms with Crippen molar-refractivity contribution in [2.45, 2.75) is 40.0 Å². The number of aliphatic imine (C=N–C) groups is 1. The van der Waals surface area contributed by atoms with Crippen LogP contribution >= 0.6 is 0 Å². The van der Waals surface area contributed by atoms with E-state index in [2.05, 4.69) is 69.2 Å². The third-order valence-corrected chi connectivity index (χ3v) is 3.21. The molecule has 0 spiro atoms. The van der Waals surface area contributed by atoms with Crippen molar-refractivity contribution in [1.29, 1.82) is 0 Å². The molecule has 1 aromatic carbocycles. The van der Waals surface area contributed by atoms with Crippen LogP contribution in [0, 0.1) is 12.8 Å². The molecule has 19 heavy (non-hydrogen) atoms. The molecule has 0 unspecified atom stereocenters. The Morgan fingerprint density at radius 2 is 1.95 bits per heavy atom. The fourth-order valence-corrected chi connectivity index (χ4v) is 2.06. The second kappa shape index (κ2) is 6.60. The van der Waals surface area contributed by atoms with E-state index in [1.807, 2.05) is 0 Å². The van der Waals surface area contributed by atoms with Crippen LogP contribution in [0.25, 0.3) is 0 Å². The summed E-state index contributed by atoms with van der Waals surface area (Å²) in [6, 6.07) is 8.45. The molecule has 0 atom stereocenters. The van der Waals surface area contributed by atoms with Crippen LogP contribution in [0.4, 0.5) is 0 Å². The molecular formula is C16H27N3. The summed E-state index contributed by atoms with van der Waals surface area (Å²) in [7, 11) is 0. The normalized spacial score (nSPS) is 12.8. The van der Waals surface area contributed by atoms with Crippen LogP contribution in [-0.2, 0) is 5.41 Å². The molecule has 3 nitrogen and oxygen atoms in total. The summed E-state index contributed by atoms with van der Waals surface area (Å²) in [6.45, 7) is 12.4. The van der Waals surface area contributed by atoms with Crippen LogP contribution in [0.15, 0.2) is 29.3 Å². The van der Waals surface area contributed by atoms with E-state index in [1.165, 1.54) is 11.1 Å². The summed E-state index contributed by atoms with van der Waals surface area (Å²) < 4.78 is 0. The standard InChI is InChI=1S/C16H27N3/c1-12(2)10-18-15(17)19-11-16(4,5)14-9-7-6-8-13(14)3/h6-9,12H,10-11H2,1-5H3,(H3,17,18,19). The van der Waals surface area contributed by atoms with E-state index < -0.39 is 0 Å². The molecular weight excluding hydrogens is 234 g/mol. The number of guanidine groups is 1. The van der Waals surface area contributed by atoms with Crippen molar-refractivity contribution in [2.24, 2.45) is 16.6 Å². The van der Waals surface area contributed by atoms with Crippen molar-refractivity contribution in [3.63, 3.8) is 0 Å². The van der Waals surface area contributed by atoms with Gasteiger partial charge in [-0.05, 0) is 24.0 Å². The van der Waals surface area contributed by atoms with Crippen LogP contribution in [0.1, 0.15) is 38.8 Å². The van der Waals surface area contributed by atoms with Gasteiger partial charge in [0.2, 0.25) is 0 Å². The smallest absolute Gasteiger partial charge is 0.188 e. The number of rotatable bonds is 5. The molecule has 0 saturated carbocycles. The molecule has 0 aliphatic heterocycles. The average Bonchev–Trinajstić information content (AvgIpc) is 2.34. The van der Waals surface area contributed by atoms with Crippen LogP contribution in [0.2, 0.25) is 0 Å². The van der Waals surface area contributed by atoms with E-state index >= 15 is 0 Å². The lowest BCUT2D eigenvalue weighted by Gasteiger charge is -2.25. The van der Waals surface area contributed by atoms with Gasteiger partial charge in [-0.15, -0.1) is 0 Å². The lowest BCUT2D eigenvalue weighted by atomic mass is 9.82. The summed E-state index contributed by atoms with van der Waals surface area (Å²) in [5, 5.41) is 3.15. The molecule has 3 N–H and O–H groups in total. The van der Waals surface area contributed by atoms with Crippen molar-refractivity contribution < 1.29 is 0 Å². The molecule has 0 bridgehead atoms. The van der Waals surface area contributed by atoms with E-state index in [4.69, 9.17) is 5.73 Å². The molecule has 0 amide bonds. The third kappa shape index (κ3) is 4.93. The maximum atomic E-state index is 5.88. The molecule has 0 radical (unpaired) electrons. The number of benzene rings is 1. The topological polar surface area (TPSA) is 50.4 Å². The number of nitrogens with two attached hydrogens (primary N) is 1. The average molecular weight is 261 g/mol. The van der Waals surface area contributed by atoms with Crippen molar-refractivity contribution in [1.82, 2.24) is 5.32 Å². The molecule has 1 aromatic rings. The first-order valence-corrected chi connectivity index (χ1v) is 6.93. The first kappa shape index (κ1) is 15.5. The molecule has 3 heteroatoms. The summed E-state index contributed by atoms with van der Waals surface area (Å²) >= 11 is 0. The monoisotopic (exact) mass is 261 g/mol. The first-order valence-electron chi connectivity index (χ1n) is 6.93. The van der Waals surface area contributed by atoms with Gasteiger partial charge in [-0.2, -0.15) is 0 Å². The predicted molar refractivity (Wildman–Crippen MR) is 83.5 cm³/mol. The Morgan fingerprint density at radius 1 is 1.32 bits per heavy atom. The van der Waals surface area contributed by atoms with Gasteiger partial charge in [0.05, 0.1) is 6.54 Å². The summed E-state index contributed by atoms with van der Waals surface area (Å²) in [5.74, 6) is 1.11. The lowest BCUT2D eigenvalue weighted by Crippen LogP contribution is -2.36. The van der Waals surface area contributed by atoms with Crippen molar-refractivity contribution in [3.8, 4) is 0 Å². The number of hydrogen-bond acceptors (Lipinski definition) is 1. The predicted octanol–water partition coefficient (Wildman–Crippen LogP) is 2.83. The van der Waals surface area contributed by atoms with Gasteiger partial charge in [0.1, 0.15) is 0 Å². The fourth-order valence-electron chi connectivity index (χ4n) is 2.06. The number of nitrogens with one attached hydrogen (secondary N) is 1. The second-order valence-corrected chi connectivity index (χ2v) is 6.18. The highest BCUT2D eigenvalue weighted by atomic mass is 15.1. The minimum Gasteiger partial charge on any atom is -0.370 e. The Kier molecular flexibility index (Phi) is 5.40. The minimum atomic E-state index is -0.00449. The first-order chi connectivity index (χ1) is 8.83. The van der Waals surface area contributed by atoms with Gasteiger partial charge in [-0.25, -0.2) is 0 Å². The molecule has 1 rings (SSSR count). The van der Waals surface area contributed by atoms with Crippen molar-refractivity contribution in [2.75, 3.05) is 13.1 Å². The van der Waals surface area contributed by atoms with Gasteiger partial charge in [0, 0.05) is 12.0 Å². The van der Waals surface area contributed by atoms with Gasteiger partial charge < -0.3 is 11.1 Å². The van der Waals surface area contributed by atoms with E-state index in [0.717, 1.165) is 6.54 Å². The lowest BCUT2D eigenvalue weighted by molar-refractivity contribution is 0.534. The van der Waals surface area contributed by atoms with Crippen molar-refractivity contribution >= 4 is 5.96 Å². The maximum Gasteiger partial charge on any atom is 0.188 e. The highest BCUT2D eigenvalue weighted by Gasteiger charge is 2.21. The Morgan fingerprint density at radius 3 is 2.53 bits per heavy atom. The van der Waals surface area contributed by atoms with Gasteiger partial charge in [-0.3, -0.25) is 4.99 Å². The zero-order valence-electron chi connectivity index (χ0n) is 12.8. The van der Waals surface area contributed by atoms with Crippen molar-refractivity contribution in [3.05, 3.63) is 35.4 Å². The SMILES string of the molecule is Cc1ccccc1C(C)(C)CN=C(N)NCC(C)C. The van der Waals surface area contributed by atoms with Gasteiger partial charge in [0.15, 0.2) is 5.96 Å². The van der Waals surface area contributed by atoms with Gasteiger partial charge >= 0.3 is 0 Å². The largest absolute Gasteiger partial charge is 0.370 e. The van der Waals surface area contributed by atoms with Crippen LogP contribution in [0.5, 0.6) is 0 Å². The maximum absolute atomic E-state index is 5.88. The molecule has 0 aromatic heterocycles. The molecule has 106 valence electrons. The highest BCUT2D eigenvalue weighted by Crippen LogP contribution is 2.26. The number of aryl methyl sites for hydroxylation is 1. The quantitative estimate of drug-likeness (QED) is 0.632. The van der Waals surface area contributed by atoms with E-state index in [0.29, 0.717) is 18.4 Å². The molecule has 0 heterocycles. The van der Waals surface area contributed by atoms with E-state index in [1.54, 1.807) is 0 Å². The summed E-state index contributed by atoms with van der Waals surface area (Å²) in [5.41, 5.74) is 8.51. The van der Waals surface area contributed by atoms with Crippen LogP contribution in [0.3, 0.4) is 0 Å². The van der Waals surface area contributed by atoms with Crippen LogP contribution < -0.4 is 11.1 Å². The van der Waals surface area contributed by atoms with Gasteiger partial charge in [0.25, 0.3) is 0 Å². The molecule has 0 aliphatic rings.